The third kappa shape index (κ3) is 3.83. The molecule has 1 aromatic heterocycles. The summed E-state index contributed by atoms with van der Waals surface area (Å²) in [4.78, 5) is 14.7. The SMILES string of the molecule is COc1ccccc1CN(C(=O)c1cc(C)[nH]n1)c1ccc(Cl)cc1. The van der Waals surface area contributed by atoms with Crippen molar-refractivity contribution in [2.75, 3.05) is 12.0 Å². The fourth-order valence-corrected chi connectivity index (χ4v) is 2.70. The third-order valence-corrected chi connectivity index (χ3v) is 4.08. The van der Waals surface area contributed by atoms with Crippen LogP contribution in [0.1, 0.15) is 21.7 Å². The molecule has 2 aromatic carbocycles. The van der Waals surface area contributed by atoms with E-state index in [1.165, 1.54) is 0 Å². The number of methoxy groups -OCH3 is 1. The number of aromatic nitrogens is 2. The van der Waals surface area contributed by atoms with Crippen LogP contribution in [0, 0.1) is 6.92 Å². The molecule has 25 heavy (non-hydrogen) atoms. The number of halogens is 1. The highest BCUT2D eigenvalue weighted by molar-refractivity contribution is 6.30. The van der Waals surface area contributed by atoms with Gasteiger partial charge in [-0.05, 0) is 43.3 Å². The van der Waals surface area contributed by atoms with E-state index >= 15 is 0 Å². The minimum atomic E-state index is -0.197. The maximum absolute atomic E-state index is 13.0. The number of aromatic amines is 1. The summed E-state index contributed by atoms with van der Waals surface area (Å²) in [6.07, 6.45) is 0. The van der Waals surface area contributed by atoms with Crippen molar-refractivity contribution in [3.63, 3.8) is 0 Å². The number of aryl methyl sites for hydroxylation is 1. The van der Waals surface area contributed by atoms with Crippen molar-refractivity contribution in [1.29, 1.82) is 0 Å². The van der Waals surface area contributed by atoms with Crippen LogP contribution < -0.4 is 9.64 Å². The van der Waals surface area contributed by atoms with Crippen LogP contribution in [0.25, 0.3) is 0 Å². The molecule has 0 aliphatic rings. The predicted molar refractivity (Wildman–Crippen MR) is 98.3 cm³/mol. The van der Waals surface area contributed by atoms with E-state index in [1.54, 1.807) is 30.2 Å². The summed E-state index contributed by atoms with van der Waals surface area (Å²) in [5.41, 5.74) is 2.83. The van der Waals surface area contributed by atoms with E-state index in [1.807, 2.05) is 43.3 Å². The van der Waals surface area contributed by atoms with Crippen LogP contribution in [-0.4, -0.2) is 23.2 Å². The summed E-state index contributed by atoms with van der Waals surface area (Å²) in [6.45, 7) is 2.22. The van der Waals surface area contributed by atoms with Gasteiger partial charge in [-0.25, -0.2) is 0 Å². The number of nitrogens with one attached hydrogen (secondary N) is 1. The van der Waals surface area contributed by atoms with E-state index in [0.29, 0.717) is 17.3 Å². The molecule has 1 amide bonds. The molecule has 0 spiro atoms. The first-order valence-electron chi connectivity index (χ1n) is 7.80. The summed E-state index contributed by atoms with van der Waals surface area (Å²) in [5, 5.41) is 7.51. The second-order valence-corrected chi connectivity index (χ2v) is 6.05. The lowest BCUT2D eigenvalue weighted by Crippen LogP contribution is -2.30. The quantitative estimate of drug-likeness (QED) is 0.745. The van der Waals surface area contributed by atoms with Gasteiger partial charge in [0.2, 0.25) is 0 Å². The molecule has 3 rings (SSSR count). The molecule has 0 aliphatic heterocycles. The Labute approximate surface area is 151 Å². The first-order valence-corrected chi connectivity index (χ1v) is 8.17. The molecule has 1 heterocycles. The van der Waals surface area contributed by atoms with Crippen LogP contribution in [0.5, 0.6) is 5.75 Å². The van der Waals surface area contributed by atoms with Gasteiger partial charge in [-0.15, -0.1) is 0 Å². The zero-order valence-corrected chi connectivity index (χ0v) is 14.7. The Hall–Kier alpha value is -2.79. The van der Waals surface area contributed by atoms with Crippen molar-refractivity contribution in [2.45, 2.75) is 13.5 Å². The van der Waals surface area contributed by atoms with Gasteiger partial charge in [-0.3, -0.25) is 9.89 Å². The average Bonchev–Trinajstić information content (AvgIpc) is 3.07. The number of hydrogen-bond acceptors (Lipinski definition) is 3. The van der Waals surface area contributed by atoms with E-state index in [0.717, 1.165) is 22.7 Å². The van der Waals surface area contributed by atoms with Crippen molar-refractivity contribution in [3.8, 4) is 5.75 Å². The number of para-hydroxylation sites is 1. The Bertz CT molecular complexity index is 874. The zero-order valence-electron chi connectivity index (χ0n) is 14.0. The van der Waals surface area contributed by atoms with Crippen LogP contribution in [0.4, 0.5) is 5.69 Å². The van der Waals surface area contributed by atoms with Gasteiger partial charge in [0.25, 0.3) is 5.91 Å². The van der Waals surface area contributed by atoms with Crippen molar-refractivity contribution in [2.24, 2.45) is 0 Å². The van der Waals surface area contributed by atoms with Crippen molar-refractivity contribution in [3.05, 3.63) is 76.6 Å². The van der Waals surface area contributed by atoms with E-state index in [-0.39, 0.29) is 5.91 Å². The Kier molecular flexibility index (Phi) is 5.05. The van der Waals surface area contributed by atoms with Gasteiger partial charge in [-0.2, -0.15) is 5.10 Å². The number of rotatable bonds is 5. The van der Waals surface area contributed by atoms with Gasteiger partial charge in [0.05, 0.1) is 13.7 Å². The van der Waals surface area contributed by atoms with Gasteiger partial charge in [0.15, 0.2) is 5.69 Å². The molecule has 0 saturated carbocycles. The van der Waals surface area contributed by atoms with Crippen LogP contribution in [0.15, 0.2) is 54.6 Å². The largest absolute Gasteiger partial charge is 0.496 e. The Morgan fingerprint density at radius 2 is 1.92 bits per heavy atom. The van der Waals surface area contributed by atoms with E-state index in [9.17, 15) is 4.79 Å². The van der Waals surface area contributed by atoms with Crippen LogP contribution in [0.3, 0.4) is 0 Å². The summed E-state index contributed by atoms with van der Waals surface area (Å²) in [5.74, 6) is 0.532. The smallest absolute Gasteiger partial charge is 0.279 e. The number of benzene rings is 2. The first-order chi connectivity index (χ1) is 12.1. The number of carbonyl (C=O) groups excluding carboxylic acids is 1. The summed E-state index contributed by atoms with van der Waals surface area (Å²) < 4.78 is 5.41. The van der Waals surface area contributed by atoms with Gasteiger partial charge in [0, 0.05) is 22.0 Å². The highest BCUT2D eigenvalue weighted by Crippen LogP contribution is 2.25. The van der Waals surface area contributed by atoms with Gasteiger partial charge < -0.3 is 9.64 Å². The molecule has 128 valence electrons. The number of carbonyl (C=O) groups is 1. The maximum Gasteiger partial charge on any atom is 0.279 e. The second kappa shape index (κ2) is 7.40. The molecule has 5 nitrogen and oxygen atoms in total. The predicted octanol–water partition coefficient (Wildman–Crippen LogP) is 4.23. The molecule has 0 radical (unpaired) electrons. The fraction of sp³-hybridized carbons (Fsp3) is 0.158. The molecule has 0 unspecified atom stereocenters. The Morgan fingerprint density at radius 1 is 1.20 bits per heavy atom. The normalized spacial score (nSPS) is 10.5. The summed E-state index contributed by atoms with van der Waals surface area (Å²) >= 11 is 5.98. The fourth-order valence-electron chi connectivity index (χ4n) is 2.57. The Balaban J connectivity index is 1.99. The lowest BCUT2D eigenvalue weighted by molar-refractivity contribution is 0.0980. The number of ether oxygens (including phenoxy) is 1. The maximum atomic E-state index is 13.0. The monoisotopic (exact) mass is 355 g/mol. The summed E-state index contributed by atoms with van der Waals surface area (Å²) in [6, 6.07) is 16.5. The van der Waals surface area contributed by atoms with Crippen LogP contribution in [-0.2, 0) is 6.54 Å². The minimum absolute atomic E-state index is 0.197. The second-order valence-electron chi connectivity index (χ2n) is 5.62. The summed E-state index contributed by atoms with van der Waals surface area (Å²) in [7, 11) is 1.62. The molecule has 0 fully saturated rings. The minimum Gasteiger partial charge on any atom is -0.496 e. The molecular formula is C19H18ClN3O2. The van der Waals surface area contributed by atoms with Crippen molar-refractivity contribution < 1.29 is 9.53 Å². The van der Waals surface area contributed by atoms with Crippen LogP contribution in [0.2, 0.25) is 5.02 Å². The number of anilines is 1. The van der Waals surface area contributed by atoms with E-state index in [2.05, 4.69) is 10.2 Å². The Morgan fingerprint density at radius 3 is 2.56 bits per heavy atom. The van der Waals surface area contributed by atoms with Gasteiger partial charge >= 0.3 is 0 Å². The molecular weight excluding hydrogens is 338 g/mol. The number of H-pyrrole nitrogens is 1. The standard InChI is InChI=1S/C19H18ClN3O2/c1-13-11-17(22-21-13)19(24)23(16-9-7-15(20)8-10-16)12-14-5-3-4-6-18(14)25-2/h3-11H,12H2,1-2H3,(H,21,22). The number of amides is 1. The van der Waals surface area contributed by atoms with Crippen molar-refractivity contribution >= 4 is 23.2 Å². The lowest BCUT2D eigenvalue weighted by Gasteiger charge is -2.23. The first kappa shape index (κ1) is 17.0. The average molecular weight is 356 g/mol. The zero-order chi connectivity index (χ0) is 17.8. The third-order valence-electron chi connectivity index (χ3n) is 3.83. The molecule has 1 N–H and O–H groups in total. The molecule has 0 bridgehead atoms. The molecule has 0 aliphatic carbocycles. The highest BCUT2D eigenvalue weighted by atomic mass is 35.5. The highest BCUT2D eigenvalue weighted by Gasteiger charge is 2.21. The topological polar surface area (TPSA) is 58.2 Å². The molecule has 6 heteroatoms. The number of hydrogen-bond donors (Lipinski definition) is 1. The van der Waals surface area contributed by atoms with Gasteiger partial charge in [0.1, 0.15) is 5.75 Å². The van der Waals surface area contributed by atoms with Crippen LogP contribution >= 0.6 is 11.6 Å². The number of nitrogens with zero attached hydrogens (tertiary/aromatic N) is 2. The van der Waals surface area contributed by atoms with Crippen molar-refractivity contribution in [1.82, 2.24) is 10.2 Å². The van der Waals surface area contributed by atoms with Gasteiger partial charge in [-0.1, -0.05) is 29.8 Å². The lowest BCUT2D eigenvalue weighted by atomic mass is 10.1. The van der Waals surface area contributed by atoms with E-state index < -0.39 is 0 Å². The molecule has 0 atom stereocenters. The molecule has 0 saturated heterocycles. The molecule has 3 aromatic rings. The van der Waals surface area contributed by atoms with E-state index in [4.69, 9.17) is 16.3 Å².